The van der Waals surface area contributed by atoms with Crippen molar-refractivity contribution >= 4 is 5.91 Å². The van der Waals surface area contributed by atoms with Gasteiger partial charge in [0.15, 0.2) is 11.5 Å². The van der Waals surface area contributed by atoms with Crippen LogP contribution in [0, 0.1) is 0 Å². The lowest BCUT2D eigenvalue weighted by molar-refractivity contribution is 0.0676. The summed E-state index contributed by atoms with van der Waals surface area (Å²) in [6, 6.07) is 4.01. The second kappa shape index (κ2) is 8.39. The zero-order valence-corrected chi connectivity index (χ0v) is 18.3. The summed E-state index contributed by atoms with van der Waals surface area (Å²) in [5.41, 5.74) is 2.67. The van der Waals surface area contributed by atoms with E-state index in [0.29, 0.717) is 25.3 Å². The van der Waals surface area contributed by atoms with Gasteiger partial charge in [0.25, 0.3) is 5.91 Å². The van der Waals surface area contributed by atoms with E-state index in [1.54, 1.807) is 12.4 Å². The third-order valence-electron chi connectivity index (χ3n) is 5.18. The molecule has 1 amide bonds. The number of rotatable bonds is 5. The van der Waals surface area contributed by atoms with Gasteiger partial charge in [-0.05, 0) is 50.5 Å². The number of amides is 1. The first-order valence-corrected chi connectivity index (χ1v) is 10.3. The van der Waals surface area contributed by atoms with E-state index in [1.807, 2.05) is 24.8 Å². The number of aromatic nitrogens is 2. The van der Waals surface area contributed by atoms with Crippen LogP contribution in [0.2, 0.25) is 0 Å². The number of carbonyl (C=O) groups excluding carboxylic acids is 1. The number of ether oxygens (including phenoxy) is 2. The Hall–Kier alpha value is -2.63. The zero-order valence-electron chi connectivity index (χ0n) is 18.3. The molecule has 2 aromatic rings. The zero-order chi connectivity index (χ0) is 21.2. The van der Waals surface area contributed by atoms with Crippen LogP contribution in [-0.2, 0) is 11.8 Å². The van der Waals surface area contributed by atoms with E-state index in [0.717, 1.165) is 29.3 Å². The van der Waals surface area contributed by atoms with Crippen molar-refractivity contribution in [3.05, 3.63) is 47.0 Å². The fourth-order valence-corrected chi connectivity index (χ4v) is 3.63. The van der Waals surface area contributed by atoms with Gasteiger partial charge in [-0.15, -0.1) is 0 Å². The highest BCUT2D eigenvalue weighted by Crippen LogP contribution is 2.38. The molecule has 29 heavy (non-hydrogen) atoms. The molecule has 0 fully saturated rings. The fraction of sp³-hybridized carbons (Fsp3) is 0.522. The Morgan fingerprint density at radius 2 is 1.69 bits per heavy atom. The molecular formula is C23H31N3O3. The molecule has 0 unspecified atom stereocenters. The molecule has 0 radical (unpaired) electrons. The molecule has 1 aliphatic heterocycles. The minimum atomic E-state index is -0.146. The summed E-state index contributed by atoms with van der Waals surface area (Å²) in [7, 11) is 0. The topological polar surface area (TPSA) is 64.6 Å². The Morgan fingerprint density at radius 1 is 1.10 bits per heavy atom. The van der Waals surface area contributed by atoms with Crippen molar-refractivity contribution in [3.8, 4) is 11.5 Å². The molecule has 0 aliphatic carbocycles. The number of hydrogen-bond acceptors (Lipinski definition) is 5. The number of fused-ring (bicyclic) bond motifs is 1. The average Bonchev–Trinajstić information content (AvgIpc) is 2.68. The van der Waals surface area contributed by atoms with E-state index < -0.39 is 0 Å². The standard InChI is InChI=1S/C23H31N3O3/c1-7-28-19-11-16-9-10-26(15(3)18(16)12-20(19)29-8-2)21(27)17-13-24-22(25-14-17)23(4,5)6/h11-15H,7-10H2,1-6H3/t15-/m0/s1. The minimum Gasteiger partial charge on any atom is -0.490 e. The third-order valence-corrected chi connectivity index (χ3v) is 5.18. The molecule has 1 atom stereocenters. The number of carbonyl (C=O) groups is 1. The molecule has 1 aliphatic rings. The summed E-state index contributed by atoms with van der Waals surface area (Å²) in [5, 5.41) is 0. The molecule has 2 heterocycles. The Labute approximate surface area is 173 Å². The lowest BCUT2D eigenvalue weighted by Crippen LogP contribution is -2.39. The van der Waals surface area contributed by atoms with E-state index in [9.17, 15) is 4.79 Å². The van der Waals surface area contributed by atoms with Crippen molar-refractivity contribution in [1.29, 1.82) is 0 Å². The van der Waals surface area contributed by atoms with Gasteiger partial charge in [-0.2, -0.15) is 0 Å². The Kier molecular flexibility index (Phi) is 6.10. The first-order chi connectivity index (χ1) is 13.8. The van der Waals surface area contributed by atoms with Gasteiger partial charge in [-0.1, -0.05) is 20.8 Å². The van der Waals surface area contributed by atoms with Crippen LogP contribution in [0.3, 0.4) is 0 Å². The maximum Gasteiger partial charge on any atom is 0.257 e. The summed E-state index contributed by atoms with van der Waals surface area (Å²) in [6.45, 7) is 13.9. The van der Waals surface area contributed by atoms with Crippen molar-refractivity contribution in [2.75, 3.05) is 19.8 Å². The smallest absolute Gasteiger partial charge is 0.257 e. The molecule has 0 N–H and O–H groups in total. The molecule has 3 rings (SSSR count). The summed E-state index contributed by atoms with van der Waals surface area (Å²) >= 11 is 0. The molecule has 1 aromatic heterocycles. The van der Waals surface area contributed by atoms with Gasteiger partial charge < -0.3 is 14.4 Å². The minimum absolute atomic E-state index is 0.0459. The van der Waals surface area contributed by atoms with Gasteiger partial charge in [0.05, 0.1) is 24.8 Å². The highest BCUT2D eigenvalue weighted by atomic mass is 16.5. The monoisotopic (exact) mass is 397 g/mol. The highest BCUT2D eigenvalue weighted by Gasteiger charge is 2.30. The molecule has 0 saturated carbocycles. The molecule has 0 spiro atoms. The molecule has 0 bridgehead atoms. The van der Waals surface area contributed by atoms with E-state index >= 15 is 0 Å². The molecule has 1 aromatic carbocycles. The van der Waals surface area contributed by atoms with E-state index in [4.69, 9.17) is 9.47 Å². The Morgan fingerprint density at radius 3 is 2.24 bits per heavy atom. The predicted octanol–water partition coefficient (Wildman–Crippen LogP) is 4.33. The molecule has 6 heteroatoms. The summed E-state index contributed by atoms with van der Waals surface area (Å²) in [5.74, 6) is 2.18. The van der Waals surface area contributed by atoms with Crippen LogP contribution in [0.4, 0.5) is 0 Å². The Bertz CT molecular complexity index is 872. The maximum absolute atomic E-state index is 13.2. The average molecular weight is 398 g/mol. The normalized spacial score (nSPS) is 16.3. The third kappa shape index (κ3) is 4.36. The first kappa shape index (κ1) is 21.1. The van der Waals surface area contributed by atoms with Crippen LogP contribution >= 0.6 is 0 Å². The van der Waals surface area contributed by atoms with Crippen LogP contribution in [-0.4, -0.2) is 40.5 Å². The summed E-state index contributed by atoms with van der Waals surface area (Å²) in [4.78, 5) is 23.9. The van der Waals surface area contributed by atoms with Gasteiger partial charge in [0.2, 0.25) is 0 Å². The van der Waals surface area contributed by atoms with Crippen molar-refractivity contribution < 1.29 is 14.3 Å². The van der Waals surface area contributed by atoms with Crippen molar-refractivity contribution in [2.45, 2.75) is 59.4 Å². The van der Waals surface area contributed by atoms with Crippen LogP contribution in [0.5, 0.6) is 11.5 Å². The quantitative estimate of drug-likeness (QED) is 0.751. The Balaban J connectivity index is 1.87. The first-order valence-electron chi connectivity index (χ1n) is 10.3. The van der Waals surface area contributed by atoms with Crippen LogP contribution in [0.15, 0.2) is 24.5 Å². The second-order valence-corrected chi connectivity index (χ2v) is 8.33. The molecule has 6 nitrogen and oxygen atoms in total. The summed E-state index contributed by atoms with van der Waals surface area (Å²) in [6.07, 6.45) is 4.06. The maximum atomic E-state index is 13.2. The van der Waals surface area contributed by atoms with E-state index in [1.165, 1.54) is 5.56 Å². The number of nitrogens with zero attached hydrogens (tertiary/aromatic N) is 3. The van der Waals surface area contributed by atoms with Crippen LogP contribution < -0.4 is 9.47 Å². The summed E-state index contributed by atoms with van der Waals surface area (Å²) < 4.78 is 11.5. The largest absolute Gasteiger partial charge is 0.490 e. The number of hydrogen-bond donors (Lipinski definition) is 0. The fourth-order valence-electron chi connectivity index (χ4n) is 3.63. The molecular weight excluding hydrogens is 366 g/mol. The van der Waals surface area contributed by atoms with Gasteiger partial charge in [0, 0.05) is 24.4 Å². The molecule has 0 saturated heterocycles. The van der Waals surface area contributed by atoms with E-state index in [-0.39, 0.29) is 17.4 Å². The van der Waals surface area contributed by atoms with Crippen molar-refractivity contribution in [2.24, 2.45) is 0 Å². The van der Waals surface area contributed by atoms with Crippen LogP contribution in [0.1, 0.15) is 74.9 Å². The molecule has 156 valence electrons. The van der Waals surface area contributed by atoms with Crippen LogP contribution in [0.25, 0.3) is 0 Å². The van der Waals surface area contributed by atoms with Gasteiger partial charge >= 0.3 is 0 Å². The highest BCUT2D eigenvalue weighted by molar-refractivity contribution is 5.94. The SMILES string of the molecule is CCOc1cc2c(cc1OCC)[C@H](C)N(C(=O)c1cnc(C(C)(C)C)nc1)CC2. The number of benzene rings is 1. The van der Waals surface area contributed by atoms with Gasteiger partial charge in [-0.25, -0.2) is 9.97 Å². The van der Waals surface area contributed by atoms with E-state index in [2.05, 4.69) is 43.7 Å². The lowest BCUT2D eigenvalue weighted by atomic mass is 9.92. The van der Waals surface area contributed by atoms with Gasteiger partial charge in [-0.3, -0.25) is 4.79 Å². The van der Waals surface area contributed by atoms with Crippen molar-refractivity contribution in [1.82, 2.24) is 14.9 Å². The van der Waals surface area contributed by atoms with Gasteiger partial charge in [0.1, 0.15) is 5.82 Å². The lowest BCUT2D eigenvalue weighted by Gasteiger charge is -2.36. The second-order valence-electron chi connectivity index (χ2n) is 8.33. The predicted molar refractivity (Wildman–Crippen MR) is 113 cm³/mol. The van der Waals surface area contributed by atoms with Crippen molar-refractivity contribution in [3.63, 3.8) is 0 Å².